The van der Waals surface area contributed by atoms with E-state index in [1.54, 1.807) is 24.4 Å². The van der Waals surface area contributed by atoms with Crippen molar-refractivity contribution in [3.05, 3.63) is 59.2 Å². The van der Waals surface area contributed by atoms with Crippen LogP contribution in [0.2, 0.25) is 5.02 Å². The van der Waals surface area contributed by atoms with Gasteiger partial charge in [0.25, 0.3) is 5.91 Å². The van der Waals surface area contributed by atoms with Crippen LogP contribution >= 0.6 is 23.4 Å². The maximum atomic E-state index is 12.5. The van der Waals surface area contributed by atoms with E-state index in [9.17, 15) is 23.2 Å². The van der Waals surface area contributed by atoms with Crippen LogP contribution in [0, 0.1) is 11.3 Å². The minimum atomic E-state index is -4.40. The average Bonchev–Trinajstić information content (AvgIpc) is 3.01. The van der Waals surface area contributed by atoms with E-state index < -0.39 is 17.0 Å². The van der Waals surface area contributed by atoms with Gasteiger partial charge in [0.05, 0.1) is 18.1 Å². The number of aromatic nitrogens is 2. The number of carbonyl (C=O) groups excluding carboxylic acids is 1. The van der Waals surface area contributed by atoms with Crippen molar-refractivity contribution in [1.29, 1.82) is 5.26 Å². The van der Waals surface area contributed by atoms with Gasteiger partial charge in [0.2, 0.25) is 0 Å². The normalized spacial score (nSPS) is 13.7. The van der Waals surface area contributed by atoms with E-state index >= 15 is 0 Å². The third kappa shape index (κ3) is 5.43. The zero-order valence-corrected chi connectivity index (χ0v) is 16.6. The number of nitriles is 1. The molecule has 150 valence electrons. The molecule has 0 radical (unpaired) electrons. The number of thioether (sulfide) groups is 1. The molecule has 0 aliphatic rings. The summed E-state index contributed by atoms with van der Waals surface area (Å²) < 4.78 is 38.8. The molecule has 5 nitrogen and oxygen atoms in total. The monoisotopic (exact) mass is 438 g/mol. The zero-order valence-electron chi connectivity index (χ0n) is 15.0. The maximum Gasteiger partial charge on any atom is 0.446 e. The Balaban J connectivity index is 1.73. The number of hydrogen-bond donors (Lipinski definition) is 1. The van der Waals surface area contributed by atoms with Crippen molar-refractivity contribution in [1.82, 2.24) is 15.1 Å². The van der Waals surface area contributed by atoms with Gasteiger partial charge in [-0.15, -0.1) is 0 Å². The molecule has 0 saturated carbocycles. The van der Waals surface area contributed by atoms with Gasteiger partial charge >= 0.3 is 5.51 Å². The SMILES string of the molecule is CC(C#N)(Cn1cc2ccc(Cl)cc2n1)NC(=O)c1ccc(SC(F)(F)F)cc1. The number of benzene rings is 2. The lowest BCUT2D eigenvalue weighted by molar-refractivity contribution is -0.0328. The Labute approximate surface area is 173 Å². The standard InChI is InChI=1S/C19H14ClF3N4OS/c1-18(10-24,11-27-9-13-2-5-14(20)8-16(13)26-27)25-17(28)12-3-6-15(7-4-12)29-19(21,22)23/h2-9H,11H2,1H3,(H,25,28). The summed E-state index contributed by atoms with van der Waals surface area (Å²) in [6, 6.07) is 12.2. The molecule has 0 bridgehead atoms. The fourth-order valence-corrected chi connectivity index (χ4v) is 3.38. The number of fused-ring (bicyclic) bond motifs is 1. The summed E-state index contributed by atoms with van der Waals surface area (Å²) in [7, 11) is 0. The van der Waals surface area contributed by atoms with Gasteiger partial charge in [-0.25, -0.2) is 0 Å². The first-order valence-corrected chi connectivity index (χ1v) is 9.49. The van der Waals surface area contributed by atoms with E-state index in [1.807, 2.05) is 0 Å². The first-order chi connectivity index (χ1) is 13.6. The molecule has 1 heterocycles. The topological polar surface area (TPSA) is 70.7 Å². The van der Waals surface area contributed by atoms with Crippen molar-refractivity contribution in [2.45, 2.75) is 29.4 Å². The predicted octanol–water partition coefficient (Wildman–Crippen LogP) is 5.01. The highest BCUT2D eigenvalue weighted by Gasteiger charge is 2.30. The van der Waals surface area contributed by atoms with E-state index in [-0.39, 0.29) is 28.8 Å². The van der Waals surface area contributed by atoms with Crippen molar-refractivity contribution in [3.8, 4) is 6.07 Å². The molecule has 2 aromatic carbocycles. The molecule has 1 unspecified atom stereocenters. The molecule has 0 saturated heterocycles. The molecule has 29 heavy (non-hydrogen) atoms. The Morgan fingerprint density at radius 3 is 2.59 bits per heavy atom. The number of nitrogens with zero attached hydrogens (tertiary/aromatic N) is 3. The third-order valence-electron chi connectivity index (χ3n) is 3.98. The molecular formula is C19H14ClF3N4OS. The number of nitrogens with one attached hydrogen (secondary N) is 1. The van der Waals surface area contributed by atoms with Crippen molar-refractivity contribution in [2.24, 2.45) is 0 Å². The van der Waals surface area contributed by atoms with Gasteiger partial charge in [-0.3, -0.25) is 9.48 Å². The number of rotatable bonds is 5. The van der Waals surface area contributed by atoms with Crippen molar-refractivity contribution < 1.29 is 18.0 Å². The van der Waals surface area contributed by atoms with Gasteiger partial charge in [0.15, 0.2) is 0 Å². The summed E-state index contributed by atoms with van der Waals surface area (Å²) >= 11 is 5.69. The Morgan fingerprint density at radius 2 is 1.97 bits per heavy atom. The second kappa shape index (κ2) is 7.97. The smallest absolute Gasteiger partial charge is 0.332 e. The lowest BCUT2D eigenvalue weighted by Crippen LogP contribution is -2.48. The summed E-state index contributed by atoms with van der Waals surface area (Å²) in [6.45, 7) is 1.61. The maximum absolute atomic E-state index is 12.5. The van der Waals surface area contributed by atoms with E-state index in [1.165, 1.54) is 35.9 Å². The fourth-order valence-electron chi connectivity index (χ4n) is 2.68. The van der Waals surface area contributed by atoms with Gasteiger partial charge in [-0.05, 0) is 61.2 Å². The van der Waals surface area contributed by atoms with E-state index in [4.69, 9.17) is 11.6 Å². The van der Waals surface area contributed by atoms with Crippen LogP contribution in [0.25, 0.3) is 10.9 Å². The van der Waals surface area contributed by atoms with E-state index in [2.05, 4.69) is 16.5 Å². The highest BCUT2D eigenvalue weighted by molar-refractivity contribution is 8.00. The molecule has 0 fully saturated rings. The first kappa shape index (κ1) is 21.0. The summed E-state index contributed by atoms with van der Waals surface area (Å²) in [4.78, 5) is 12.5. The molecule has 0 aliphatic heterocycles. The molecule has 0 spiro atoms. The van der Waals surface area contributed by atoms with Crippen molar-refractivity contribution in [2.75, 3.05) is 0 Å². The van der Waals surface area contributed by atoms with Crippen LogP contribution in [-0.2, 0) is 6.54 Å². The van der Waals surface area contributed by atoms with Crippen LogP contribution in [0.15, 0.2) is 53.6 Å². The number of amides is 1. The van der Waals surface area contributed by atoms with Crippen LogP contribution in [0.3, 0.4) is 0 Å². The fraction of sp³-hybridized carbons (Fsp3) is 0.211. The lowest BCUT2D eigenvalue weighted by atomic mass is 10.0. The van der Waals surface area contributed by atoms with Gasteiger partial charge in [0, 0.05) is 27.1 Å². The van der Waals surface area contributed by atoms with E-state index in [0.717, 1.165) is 5.39 Å². The molecular weight excluding hydrogens is 425 g/mol. The summed E-state index contributed by atoms with van der Waals surface area (Å²) in [5.41, 5.74) is -4.89. The van der Waals surface area contributed by atoms with Gasteiger partial charge in [0.1, 0.15) is 5.54 Å². The van der Waals surface area contributed by atoms with Gasteiger partial charge in [-0.1, -0.05) is 11.6 Å². The Morgan fingerprint density at radius 1 is 1.28 bits per heavy atom. The van der Waals surface area contributed by atoms with Crippen LogP contribution < -0.4 is 5.32 Å². The minimum Gasteiger partial charge on any atom is -0.332 e. The Kier molecular flexibility index (Phi) is 5.78. The lowest BCUT2D eigenvalue weighted by Gasteiger charge is -2.23. The molecule has 1 N–H and O–H groups in total. The molecule has 1 amide bonds. The number of alkyl halides is 3. The number of hydrogen-bond acceptors (Lipinski definition) is 4. The Hall–Kier alpha value is -2.70. The van der Waals surface area contributed by atoms with Crippen molar-refractivity contribution in [3.63, 3.8) is 0 Å². The molecule has 3 rings (SSSR count). The van der Waals surface area contributed by atoms with Crippen molar-refractivity contribution >= 4 is 40.2 Å². The van der Waals surface area contributed by atoms with Gasteiger partial charge in [-0.2, -0.15) is 23.5 Å². The second-order valence-electron chi connectivity index (χ2n) is 6.50. The highest BCUT2D eigenvalue weighted by Crippen LogP contribution is 2.36. The second-order valence-corrected chi connectivity index (χ2v) is 8.07. The average molecular weight is 439 g/mol. The quantitative estimate of drug-likeness (QED) is 0.568. The molecule has 0 aliphatic carbocycles. The number of carbonyl (C=O) groups is 1. The highest BCUT2D eigenvalue weighted by atomic mass is 35.5. The van der Waals surface area contributed by atoms with Crippen LogP contribution in [0.1, 0.15) is 17.3 Å². The van der Waals surface area contributed by atoms with E-state index in [0.29, 0.717) is 10.5 Å². The summed E-state index contributed by atoms with van der Waals surface area (Å²) in [6.07, 6.45) is 1.73. The Bertz CT molecular complexity index is 1090. The van der Waals surface area contributed by atoms with Crippen LogP contribution in [-0.4, -0.2) is 26.7 Å². The molecule has 10 heteroatoms. The largest absolute Gasteiger partial charge is 0.446 e. The number of halogens is 4. The van der Waals surface area contributed by atoms with Gasteiger partial charge < -0.3 is 5.32 Å². The minimum absolute atomic E-state index is 0.0287. The predicted molar refractivity (Wildman–Crippen MR) is 105 cm³/mol. The van der Waals surface area contributed by atoms with Crippen LogP contribution in [0.5, 0.6) is 0 Å². The summed E-state index contributed by atoms with van der Waals surface area (Å²) in [5.74, 6) is -0.572. The third-order valence-corrected chi connectivity index (χ3v) is 4.96. The molecule has 1 atom stereocenters. The summed E-state index contributed by atoms with van der Waals surface area (Å²) in [5, 5.41) is 17.9. The molecule has 1 aromatic heterocycles. The first-order valence-electron chi connectivity index (χ1n) is 8.29. The zero-order chi connectivity index (χ0) is 21.2. The van der Waals surface area contributed by atoms with Crippen LogP contribution in [0.4, 0.5) is 13.2 Å². The molecule has 3 aromatic rings.